The Morgan fingerprint density at radius 2 is 2.04 bits per heavy atom. The Bertz CT molecular complexity index is 801. The predicted octanol–water partition coefficient (Wildman–Crippen LogP) is 5.19. The number of nitrogens with zero attached hydrogens (tertiary/aromatic N) is 2. The van der Waals surface area contributed by atoms with Gasteiger partial charge in [-0.2, -0.15) is 13.2 Å². The molecule has 2 aromatic rings. The second-order valence-corrected chi connectivity index (χ2v) is 8.45. The molecule has 1 aliphatic heterocycles. The zero-order chi connectivity index (χ0) is 19.4. The molecule has 0 atom stereocenters. The number of hydrogen-bond donors (Lipinski definition) is 1. The number of halogens is 3. The number of carbonyl (C=O) groups is 1. The Kier molecular flexibility index (Phi) is 6.31. The summed E-state index contributed by atoms with van der Waals surface area (Å²) in [6.07, 6.45) is -1.35. The fourth-order valence-corrected chi connectivity index (χ4v) is 4.58. The second-order valence-electron chi connectivity index (χ2n) is 6.37. The van der Waals surface area contributed by atoms with Gasteiger partial charge in [-0.1, -0.05) is 11.8 Å². The molecular weight excluding hydrogens is 395 g/mol. The van der Waals surface area contributed by atoms with Crippen LogP contribution in [0, 0.1) is 6.92 Å². The van der Waals surface area contributed by atoms with E-state index >= 15 is 0 Å². The minimum atomic E-state index is -4.45. The maximum atomic E-state index is 13.1. The van der Waals surface area contributed by atoms with Crippen LogP contribution in [-0.2, 0) is 11.0 Å². The molecule has 27 heavy (non-hydrogen) atoms. The lowest BCUT2D eigenvalue weighted by Gasteiger charge is -2.31. The molecule has 0 aliphatic carbocycles. The zero-order valence-corrected chi connectivity index (χ0v) is 16.4. The van der Waals surface area contributed by atoms with E-state index in [0.29, 0.717) is 5.69 Å². The molecule has 1 saturated heterocycles. The Hall–Kier alpha value is -1.74. The predicted molar refractivity (Wildman–Crippen MR) is 104 cm³/mol. The van der Waals surface area contributed by atoms with Gasteiger partial charge in [0.2, 0.25) is 5.91 Å². The number of anilines is 2. The number of alkyl halides is 3. The maximum absolute atomic E-state index is 13.1. The molecule has 1 aromatic heterocycles. The third-order valence-electron chi connectivity index (χ3n) is 4.22. The van der Waals surface area contributed by atoms with Gasteiger partial charge in [-0.15, -0.1) is 11.3 Å². The standard InChI is InChI=1S/C18H20F3N3OS2/c1-12-10-26-17(22-12)27-11-16(25)23-14-9-13(18(19,20)21)5-6-15(14)24-7-3-2-4-8-24/h5-6,9-10H,2-4,7-8,11H2,1H3,(H,23,25). The fourth-order valence-electron chi connectivity index (χ4n) is 2.94. The van der Waals surface area contributed by atoms with Gasteiger partial charge in [-0.25, -0.2) is 4.98 Å². The number of piperidine rings is 1. The number of aromatic nitrogens is 1. The van der Waals surface area contributed by atoms with E-state index in [9.17, 15) is 18.0 Å². The Morgan fingerprint density at radius 1 is 1.30 bits per heavy atom. The maximum Gasteiger partial charge on any atom is 0.416 e. The van der Waals surface area contributed by atoms with E-state index in [1.165, 1.54) is 29.2 Å². The first-order chi connectivity index (χ1) is 12.8. The van der Waals surface area contributed by atoms with Crippen LogP contribution in [0.4, 0.5) is 24.5 Å². The van der Waals surface area contributed by atoms with Crippen LogP contribution in [0.25, 0.3) is 0 Å². The van der Waals surface area contributed by atoms with Crippen molar-refractivity contribution in [1.29, 1.82) is 0 Å². The number of carbonyl (C=O) groups excluding carboxylic acids is 1. The van der Waals surface area contributed by atoms with Gasteiger partial charge in [0.1, 0.15) is 0 Å². The van der Waals surface area contributed by atoms with Crippen molar-refractivity contribution in [3.63, 3.8) is 0 Å². The number of amides is 1. The molecule has 0 unspecified atom stereocenters. The van der Waals surface area contributed by atoms with Crippen LogP contribution in [0.5, 0.6) is 0 Å². The van der Waals surface area contributed by atoms with Gasteiger partial charge >= 0.3 is 6.18 Å². The summed E-state index contributed by atoms with van der Waals surface area (Å²) in [5.41, 5.74) is 0.980. The average molecular weight is 416 g/mol. The van der Waals surface area contributed by atoms with Crippen LogP contribution in [0.15, 0.2) is 27.9 Å². The zero-order valence-electron chi connectivity index (χ0n) is 14.8. The quantitative estimate of drug-likeness (QED) is 0.683. The highest BCUT2D eigenvalue weighted by Gasteiger charge is 2.31. The van der Waals surface area contributed by atoms with Crippen molar-refractivity contribution in [2.45, 2.75) is 36.7 Å². The summed E-state index contributed by atoms with van der Waals surface area (Å²) in [4.78, 5) is 18.6. The molecule has 1 amide bonds. The molecule has 0 radical (unpaired) electrons. The van der Waals surface area contributed by atoms with Crippen molar-refractivity contribution in [1.82, 2.24) is 4.98 Å². The van der Waals surface area contributed by atoms with Gasteiger partial charge in [0.05, 0.1) is 22.7 Å². The van der Waals surface area contributed by atoms with Crippen LogP contribution < -0.4 is 10.2 Å². The van der Waals surface area contributed by atoms with E-state index in [0.717, 1.165) is 54.5 Å². The summed E-state index contributed by atoms with van der Waals surface area (Å²) in [7, 11) is 0. The average Bonchev–Trinajstić information content (AvgIpc) is 3.05. The SMILES string of the molecule is Cc1csc(SCC(=O)Nc2cc(C(F)(F)F)ccc2N2CCCCC2)n1. The molecule has 3 rings (SSSR count). The summed E-state index contributed by atoms with van der Waals surface area (Å²) in [5, 5.41) is 4.56. The highest BCUT2D eigenvalue weighted by atomic mass is 32.2. The number of thioether (sulfide) groups is 1. The van der Waals surface area contributed by atoms with Crippen molar-refractivity contribution in [3.8, 4) is 0 Å². The molecule has 1 aromatic carbocycles. The minimum absolute atomic E-state index is 0.0998. The highest BCUT2D eigenvalue weighted by molar-refractivity contribution is 8.01. The molecule has 0 spiro atoms. The van der Waals surface area contributed by atoms with Crippen molar-refractivity contribution < 1.29 is 18.0 Å². The van der Waals surface area contributed by atoms with E-state index in [-0.39, 0.29) is 17.3 Å². The summed E-state index contributed by atoms with van der Waals surface area (Å²) in [5.74, 6) is -0.242. The molecule has 9 heteroatoms. The van der Waals surface area contributed by atoms with E-state index in [1.54, 1.807) is 0 Å². The van der Waals surface area contributed by atoms with Crippen LogP contribution >= 0.6 is 23.1 Å². The van der Waals surface area contributed by atoms with E-state index in [1.807, 2.05) is 17.2 Å². The lowest BCUT2D eigenvalue weighted by molar-refractivity contribution is -0.137. The number of rotatable bonds is 5. The van der Waals surface area contributed by atoms with Gasteiger partial charge in [0.25, 0.3) is 0 Å². The molecule has 2 heterocycles. The van der Waals surface area contributed by atoms with Crippen LogP contribution in [0.2, 0.25) is 0 Å². The smallest absolute Gasteiger partial charge is 0.370 e. The molecule has 4 nitrogen and oxygen atoms in total. The Morgan fingerprint density at radius 3 is 2.67 bits per heavy atom. The first kappa shape index (κ1) is 20.0. The third kappa shape index (κ3) is 5.38. The van der Waals surface area contributed by atoms with Gasteiger partial charge < -0.3 is 10.2 Å². The van der Waals surface area contributed by atoms with Gasteiger partial charge in [0.15, 0.2) is 4.34 Å². The van der Waals surface area contributed by atoms with Crippen LogP contribution in [0.1, 0.15) is 30.5 Å². The summed E-state index contributed by atoms with van der Waals surface area (Å²) in [6.45, 7) is 3.43. The van der Waals surface area contributed by atoms with E-state index in [4.69, 9.17) is 0 Å². The number of thiazole rings is 1. The van der Waals surface area contributed by atoms with Crippen LogP contribution in [0.3, 0.4) is 0 Å². The second kappa shape index (κ2) is 8.52. The van der Waals surface area contributed by atoms with E-state index < -0.39 is 11.7 Å². The molecule has 0 bridgehead atoms. The molecule has 1 fully saturated rings. The summed E-state index contributed by atoms with van der Waals surface area (Å²) < 4.78 is 40.1. The Balaban J connectivity index is 1.76. The normalized spacial score (nSPS) is 15.0. The Labute approximate surface area is 164 Å². The topological polar surface area (TPSA) is 45.2 Å². The molecule has 146 valence electrons. The summed E-state index contributed by atoms with van der Waals surface area (Å²) in [6, 6.07) is 3.56. The van der Waals surface area contributed by atoms with Crippen molar-refractivity contribution >= 4 is 40.4 Å². The number of aryl methyl sites for hydroxylation is 1. The van der Waals surface area contributed by atoms with E-state index in [2.05, 4.69) is 10.3 Å². The summed E-state index contributed by atoms with van der Waals surface area (Å²) >= 11 is 2.72. The molecule has 1 N–H and O–H groups in total. The van der Waals surface area contributed by atoms with Gasteiger partial charge in [-0.05, 0) is 44.4 Å². The molecular formula is C18H20F3N3OS2. The third-order valence-corrected chi connectivity index (χ3v) is 6.36. The monoisotopic (exact) mass is 415 g/mol. The number of benzene rings is 1. The van der Waals surface area contributed by atoms with Crippen molar-refractivity contribution in [3.05, 3.63) is 34.8 Å². The molecule has 0 saturated carbocycles. The first-order valence-corrected chi connectivity index (χ1v) is 10.5. The molecule has 1 aliphatic rings. The first-order valence-electron chi connectivity index (χ1n) is 8.64. The van der Waals surface area contributed by atoms with Crippen molar-refractivity contribution in [2.24, 2.45) is 0 Å². The highest BCUT2D eigenvalue weighted by Crippen LogP contribution is 2.36. The fraction of sp³-hybridized carbons (Fsp3) is 0.444. The number of nitrogens with one attached hydrogen (secondary N) is 1. The lowest BCUT2D eigenvalue weighted by atomic mass is 10.1. The largest absolute Gasteiger partial charge is 0.416 e. The van der Waals surface area contributed by atoms with Gasteiger partial charge in [0, 0.05) is 24.2 Å². The number of hydrogen-bond acceptors (Lipinski definition) is 5. The minimum Gasteiger partial charge on any atom is -0.370 e. The van der Waals surface area contributed by atoms with Crippen molar-refractivity contribution in [2.75, 3.05) is 29.1 Å². The lowest BCUT2D eigenvalue weighted by Crippen LogP contribution is -2.30. The van der Waals surface area contributed by atoms with Gasteiger partial charge in [-0.3, -0.25) is 4.79 Å². The van der Waals surface area contributed by atoms with Crippen LogP contribution in [-0.4, -0.2) is 29.7 Å².